The van der Waals surface area contributed by atoms with Gasteiger partial charge in [0.05, 0.1) is 5.69 Å². The molecule has 0 fully saturated rings. The predicted octanol–water partition coefficient (Wildman–Crippen LogP) is 2.29. The minimum atomic E-state index is -4.65. The number of nitrogens with one attached hydrogen (secondary N) is 1. The molecule has 1 atom stereocenters. The number of nitrogens with zero attached hydrogens (tertiary/aromatic N) is 1. The number of halogens is 3. The number of amides is 1. The average Bonchev–Trinajstić information content (AvgIpc) is 2.71. The highest BCUT2D eigenvalue weighted by atomic mass is 19.4. The number of pyridine rings is 1. The van der Waals surface area contributed by atoms with E-state index in [4.69, 9.17) is 0 Å². The predicted molar refractivity (Wildman–Crippen MR) is 67.3 cm³/mol. The van der Waals surface area contributed by atoms with Crippen molar-refractivity contribution >= 4 is 11.6 Å². The lowest BCUT2D eigenvalue weighted by molar-refractivity contribution is -0.142. The first-order chi connectivity index (χ1) is 9.83. The van der Waals surface area contributed by atoms with Crippen molar-refractivity contribution in [2.75, 3.05) is 5.32 Å². The van der Waals surface area contributed by atoms with E-state index in [1.165, 1.54) is 12.1 Å². The van der Waals surface area contributed by atoms with Gasteiger partial charge in [0.1, 0.15) is 5.69 Å². The van der Waals surface area contributed by atoms with Gasteiger partial charge in [-0.15, -0.1) is 0 Å². The number of alkyl halides is 3. The van der Waals surface area contributed by atoms with Gasteiger partial charge in [-0.1, -0.05) is 24.3 Å². The van der Waals surface area contributed by atoms with E-state index in [9.17, 15) is 23.1 Å². The van der Waals surface area contributed by atoms with Crippen LogP contribution < -0.4 is 5.32 Å². The molecule has 1 aromatic heterocycles. The molecular formula is C14H9F3N2O2. The zero-order valence-electron chi connectivity index (χ0n) is 10.5. The van der Waals surface area contributed by atoms with Gasteiger partial charge < -0.3 is 10.4 Å². The molecule has 0 spiro atoms. The molecule has 0 saturated carbocycles. The van der Waals surface area contributed by atoms with Gasteiger partial charge in [0, 0.05) is 11.3 Å². The lowest BCUT2D eigenvalue weighted by Gasteiger charge is -2.21. The molecule has 1 amide bonds. The van der Waals surface area contributed by atoms with E-state index in [0.29, 0.717) is 5.69 Å². The summed E-state index contributed by atoms with van der Waals surface area (Å²) in [4.78, 5) is 15.4. The molecule has 3 rings (SSSR count). The summed E-state index contributed by atoms with van der Waals surface area (Å²) in [6, 6.07) is 9.33. The summed E-state index contributed by atoms with van der Waals surface area (Å²) in [5.74, 6) is -0.824. The van der Waals surface area contributed by atoms with Crippen molar-refractivity contribution in [1.82, 2.24) is 4.98 Å². The van der Waals surface area contributed by atoms with Crippen LogP contribution in [0.5, 0.6) is 0 Å². The molecule has 2 N–H and O–H groups in total. The highest BCUT2D eigenvalue weighted by molar-refractivity contribution is 6.06. The van der Waals surface area contributed by atoms with Gasteiger partial charge >= 0.3 is 6.18 Å². The minimum Gasteiger partial charge on any atom is -0.370 e. The van der Waals surface area contributed by atoms with Gasteiger partial charge in [-0.2, -0.15) is 13.2 Å². The van der Waals surface area contributed by atoms with Crippen LogP contribution in [0.3, 0.4) is 0 Å². The first-order valence-corrected chi connectivity index (χ1v) is 6.01. The van der Waals surface area contributed by atoms with Crippen LogP contribution in [-0.2, 0) is 16.6 Å². The number of hydrogen-bond donors (Lipinski definition) is 2. The molecule has 21 heavy (non-hydrogen) atoms. The average molecular weight is 294 g/mol. The maximum atomic E-state index is 12.7. The summed E-state index contributed by atoms with van der Waals surface area (Å²) >= 11 is 0. The van der Waals surface area contributed by atoms with Crippen molar-refractivity contribution in [1.29, 1.82) is 0 Å². The Labute approximate surface area is 117 Å². The van der Waals surface area contributed by atoms with Crippen LogP contribution in [0, 0.1) is 0 Å². The second kappa shape index (κ2) is 4.29. The Morgan fingerprint density at radius 3 is 2.52 bits per heavy atom. The summed E-state index contributed by atoms with van der Waals surface area (Å²) in [6.45, 7) is 0. The first kappa shape index (κ1) is 13.6. The topological polar surface area (TPSA) is 62.2 Å². The van der Waals surface area contributed by atoms with Gasteiger partial charge in [0.25, 0.3) is 5.91 Å². The van der Waals surface area contributed by atoms with E-state index in [-0.39, 0.29) is 11.3 Å². The van der Waals surface area contributed by atoms with Crippen molar-refractivity contribution < 1.29 is 23.1 Å². The van der Waals surface area contributed by atoms with Crippen LogP contribution in [0.25, 0.3) is 0 Å². The Bertz CT molecular complexity index is 730. The van der Waals surface area contributed by atoms with Gasteiger partial charge in [0.15, 0.2) is 0 Å². The largest absolute Gasteiger partial charge is 0.433 e. The molecule has 0 radical (unpaired) electrons. The number of fused-ring (bicyclic) bond motifs is 1. The van der Waals surface area contributed by atoms with Crippen LogP contribution in [0.2, 0.25) is 0 Å². The molecule has 2 aromatic rings. The Kier molecular flexibility index (Phi) is 2.77. The third-order valence-electron chi connectivity index (χ3n) is 3.30. The van der Waals surface area contributed by atoms with Crippen molar-refractivity contribution in [3.8, 4) is 0 Å². The quantitative estimate of drug-likeness (QED) is 0.848. The van der Waals surface area contributed by atoms with Crippen LogP contribution >= 0.6 is 0 Å². The molecule has 1 unspecified atom stereocenters. The number of rotatable bonds is 1. The summed E-state index contributed by atoms with van der Waals surface area (Å²) < 4.78 is 38.2. The van der Waals surface area contributed by atoms with Gasteiger partial charge in [-0.25, -0.2) is 4.98 Å². The third-order valence-corrected chi connectivity index (χ3v) is 3.30. The first-order valence-electron chi connectivity index (χ1n) is 6.01. The smallest absolute Gasteiger partial charge is 0.370 e. The Balaban J connectivity index is 2.18. The number of carbonyl (C=O) groups excluding carboxylic acids is 1. The second-order valence-corrected chi connectivity index (χ2v) is 4.62. The SMILES string of the molecule is O=C1Nc2ccccc2C1(O)c1cccc(C(F)(F)F)n1. The Morgan fingerprint density at radius 2 is 1.81 bits per heavy atom. The molecule has 0 saturated heterocycles. The molecule has 0 aliphatic carbocycles. The highest BCUT2D eigenvalue weighted by Crippen LogP contribution is 2.40. The zero-order chi connectivity index (χ0) is 15.3. The number of aliphatic hydroxyl groups is 1. The van der Waals surface area contributed by atoms with E-state index < -0.39 is 23.4 Å². The van der Waals surface area contributed by atoms with Crippen LogP contribution in [0.15, 0.2) is 42.5 Å². The number of anilines is 1. The summed E-state index contributed by atoms with van der Waals surface area (Å²) in [6.07, 6.45) is -4.65. The van der Waals surface area contributed by atoms with Gasteiger partial charge in [-0.05, 0) is 18.2 Å². The second-order valence-electron chi connectivity index (χ2n) is 4.62. The molecule has 2 heterocycles. The van der Waals surface area contributed by atoms with Gasteiger partial charge in [-0.3, -0.25) is 4.79 Å². The summed E-state index contributed by atoms with van der Waals surface area (Å²) in [7, 11) is 0. The highest BCUT2D eigenvalue weighted by Gasteiger charge is 2.48. The molecular weight excluding hydrogens is 285 g/mol. The molecule has 1 aliphatic heterocycles. The molecule has 4 nitrogen and oxygen atoms in total. The van der Waals surface area contributed by atoms with Crippen LogP contribution in [-0.4, -0.2) is 16.0 Å². The van der Waals surface area contributed by atoms with Crippen molar-refractivity contribution in [3.63, 3.8) is 0 Å². The van der Waals surface area contributed by atoms with Crippen LogP contribution in [0.4, 0.5) is 18.9 Å². The summed E-state index contributed by atoms with van der Waals surface area (Å²) in [5.41, 5.74) is -3.21. The number of aromatic nitrogens is 1. The maximum Gasteiger partial charge on any atom is 0.433 e. The minimum absolute atomic E-state index is 0.182. The lowest BCUT2D eigenvalue weighted by Crippen LogP contribution is -2.36. The Morgan fingerprint density at radius 1 is 1.10 bits per heavy atom. The van der Waals surface area contributed by atoms with E-state index in [1.54, 1.807) is 18.2 Å². The van der Waals surface area contributed by atoms with E-state index in [1.807, 2.05) is 0 Å². The fraction of sp³-hybridized carbons (Fsp3) is 0.143. The van der Waals surface area contributed by atoms with Crippen molar-refractivity contribution in [3.05, 3.63) is 59.4 Å². The number of hydrogen-bond acceptors (Lipinski definition) is 3. The van der Waals surface area contributed by atoms with Crippen molar-refractivity contribution in [2.45, 2.75) is 11.8 Å². The van der Waals surface area contributed by atoms with Gasteiger partial charge in [0.2, 0.25) is 5.60 Å². The summed E-state index contributed by atoms with van der Waals surface area (Å²) in [5, 5.41) is 13.1. The number of benzene rings is 1. The monoisotopic (exact) mass is 294 g/mol. The van der Waals surface area contributed by atoms with E-state index in [2.05, 4.69) is 10.3 Å². The lowest BCUT2D eigenvalue weighted by atomic mass is 9.91. The van der Waals surface area contributed by atoms with E-state index >= 15 is 0 Å². The maximum absolute atomic E-state index is 12.7. The molecule has 1 aliphatic rings. The molecule has 1 aromatic carbocycles. The third kappa shape index (κ3) is 1.97. The van der Waals surface area contributed by atoms with E-state index in [0.717, 1.165) is 12.1 Å². The zero-order valence-corrected chi connectivity index (χ0v) is 10.5. The Hall–Kier alpha value is -2.41. The standard InChI is InChI=1S/C14H9F3N2O2/c15-14(16,17)11-7-3-6-10(19-11)13(21)8-4-1-2-5-9(8)18-12(13)20/h1-7,21H,(H,18,20). The fourth-order valence-corrected chi connectivity index (χ4v) is 2.29. The number of para-hydroxylation sites is 1. The molecule has 7 heteroatoms. The van der Waals surface area contributed by atoms with Crippen molar-refractivity contribution in [2.24, 2.45) is 0 Å². The number of carbonyl (C=O) groups is 1. The molecule has 108 valence electrons. The normalized spacial score (nSPS) is 21.0. The fourth-order valence-electron chi connectivity index (χ4n) is 2.29. The molecule has 0 bridgehead atoms. The van der Waals surface area contributed by atoms with Crippen LogP contribution in [0.1, 0.15) is 17.0 Å².